The molecule has 0 aliphatic rings. The van der Waals surface area contributed by atoms with Crippen molar-refractivity contribution in [2.24, 2.45) is 0 Å². The Labute approximate surface area is 129 Å². The van der Waals surface area contributed by atoms with Crippen LogP contribution in [-0.2, 0) is 16.6 Å². The van der Waals surface area contributed by atoms with Crippen LogP contribution in [0.1, 0.15) is 24.6 Å². The first-order valence-corrected chi connectivity index (χ1v) is 9.12. The highest BCUT2D eigenvalue weighted by atomic mass is 32.2. The predicted molar refractivity (Wildman–Crippen MR) is 86.1 cm³/mol. The molecule has 0 atom stereocenters. The lowest BCUT2D eigenvalue weighted by Crippen LogP contribution is -2.31. The zero-order chi connectivity index (χ0) is 15.3. The van der Waals surface area contributed by atoms with Crippen LogP contribution in [0.5, 0.6) is 0 Å². The summed E-state index contributed by atoms with van der Waals surface area (Å²) in [6.07, 6.45) is 1.72. The lowest BCUT2D eigenvalue weighted by molar-refractivity contribution is 0.285. The first-order valence-electron chi connectivity index (χ1n) is 6.87. The van der Waals surface area contributed by atoms with Crippen molar-refractivity contribution in [3.05, 3.63) is 47.3 Å². The van der Waals surface area contributed by atoms with Gasteiger partial charge in [-0.05, 0) is 30.7 Å². The number of unbranched alkanes of at least 4 members (excludes halogenated alkanes) is 1. The van der Waals surface area contributed by atoms with Gasteiger partial charge in [0, 0.05) is 11.4 Å². The third-order valence-electron chi connectivity index (χ3n) is 3.10. The van der Waals surface area contributed by atoms with Gasteiger partial charge in [-0.1, -0.05) is 31.5 Å². The van der Waals surface area contributed by atoms with E-state index in [4.69, 9.17) is 5.11 Å². The second-order valence-corrected chi connectivity index (χ2v) is 7.90. The monoisotopic (exact) mass is 325 g/mol. The summed E-state index contributed by atoms with van der Waals surface area (Å²) >= 11 is 1.12. The molecule has 0 radical (unpaired) electrons. The van der Waals surface area contributed by atoms with E-state index in [0.29, 0.717) is 17.1 Å². The molecule has 0 aliphatic heterocycles. The van der Waals surface area contributed by atoms with E-state index in [0.717, 1.165) is 24.2 Å². The van der Waals surface area contributed by atoms with Crippen molar-refractivity contribution in [2.45, 2.75) is 30.6 Å². The summed E-state index contributed by atoms with van der Waals surface area (Å²) in [5.74, 6) is 0. The highest BCUT2D eigenvalue weighted by Gasteiger charge is 2.26. The van der Waals surface area contributed by atoms with E-state index in [9.17, 15) is 8.42 Å². The number of rotatable bonds is 7. The van der Waals surface area contributed by atoms with Gasteiger partial charge in [0.1, 0.15) is 4.21 Å². The third kappa shape index (κ3) is 3.64. The van der Waals surface area contributed by atoms with E-state index in [1.165, 1.54) is 4.31 Å². The minimum atomic E-state index is -3.57. The quantitative estimate of drug-likeness (QED) is 0.850. The lowest BCUT2D eigenvalue weighted by Gasteiger charge is -2.23. The number of hydrogen-bond donors (Lipinski definition) is 1. The minimum absolute atomic E-state index is 0.138. The summed E-state index contributed by atoms with van der Waals surface area (Å²) in [6, 6.07) is 12.3. The maximum Gasteiger partial charge on any atom is 0.273 e. The number of aliphatic hydroxyl groups excluding tert-OH is 1. The summed E-state index contributed by atoms with van der Waals surface area (Å²) < 4.78 is 27.4. The van der Waals surface area contributed by atoms with E-state index >= 15 is 0 Å². The van der Waals surface area contributed by atoms with Crippen molar-refractivity contribution < 1.29 is 13.5 Å². The largest absolute Gasteiger partial charge is 0.391 e. The first kappa shape index (κ1) is 16.0. The van der Waals surface area contributed by atoms with Crippen LogP contribution in [0.3, 0.4) is 0 Å². The smallest absolute Gasteiger partial charge is 0.273 e. The second-order valence-electron chi connectivity index (χ2n) is 4.65. The number of nitrogens with zero attached hydrogens (tertiary/aromatic N) is 1. The van der Waals surface area contributed by atoms with Crippen molar-refractivity contribution in [3.63, 3.8) is 0 Å². The summed E-state index contributed by atoms with van der Waals surface area (Å²) in [4.78, 5) is 0.650. The third-order valence-corrected chi connectivity index (χ3v) is 6.46. The summed E-state index contributed by atoms with van der Waals surface area (Å²) in [5, 5.41) is 9.12. The average Bonchev–Trinajstić information content (AvgIpc) is 2.98. The maximum atomic E-state index is 12.8. The van der Waals surface area contributed by atoms with Crippen LogP contribution in [0.2, 0.25) is 0 Å². The first-order chi connectivity index (χ1) is 10.1. The highest BCUT2D eigenvalue weighted by molar-refractivity contribution is 7.94. The molecule has 0 unspecified atom stereocenters. The van der Waals surface area contributed by atoms with Crippen LogP contribution in [-0.4, -0.2) is 20.1 Å². The molecule has 114 valence electrons. The molecule has 21 heavy (non-hydrogen) atoms. The average molecular weight is 325 g/mol. The van der Waals surface area contributed by atoms with E-state index in [1.54, 1.807) is 24.3 Å². The molecule has 0 aliphatic carbocycles. The molecule has 0 saturated carbocycles. The van der Waals surface area contributed by atoms with Crippen LogP contribution >= 0.6 is 11.3 Å². The van der Waals surface area contributed by atoms with Gasteiger partial charge in [-0.2, -0.15) is 0 Å². The molecule has 0 fully saturated rings. The van der Waals surface area contributed by atoms with Crippen LogP contribution in [0.4, 0.5) is 5.69 Å². The number of thiophene rings is 1. The number of aliphatic hydroxyl groups is 1. The Balaban J connectivity index is 2.39. The Hall–Kier alpha value is -1.37. The molecule has 1 N–H and O–H groups in total. The van der Waals surface area contributed by atoms with Gasteiger partial charge in [-0.15, -0.1) is 11.3 Å². The van der Waals surface area contributed by atoms with Gasteiger partial charge in [0.05, 0.1) is 12.3 Å². The van der Waals surface area contributed by atoms with E-state index in [1.807, 2.05) is 25.1 Å². The number of para-hydroxylation sites is 1. The standard InChI is InChI=1S/C15H19NO3S2/c1-2-3-11-16(13-7-5-4-6-8-13)21(18,19)15-10-9-14(12-17)20-15/h4-10,17H,2-3,11-12H2,1H3. The molecule has 2 aromatic rings. The van der Waals surface area contributed by atoms with Crippen LogP contribution < -0.4 is 4.31 Å². The number of sulfonamides is 1. The van der Waals surface area contributed by atoms with Gasteiger partial charge in [-0.3, -0.25) is 4.31 Å². The zero-order valence-electron chi connectivity index (χ0n) is 11.9. The number of benzene rings is 1. The highest BCUT2D eigenvalue weighted by Crippen LogP contribution is 2.29. The van der Waals surface area contributed by atoms with Crippen molar-refractivity contribution in [3.8, 4) is 0 Å². The van der Waals surface area contributed by atoms with Crippen molar-refractivity contribution in [2.75, 3.05) is 10.8 Å². The van der Waals surface area contributed by atoms with E-state index < -0.39 is 10.0 Å². The fourth-order valence-corrected chi connectivity index (χ4v) is 4.81. The van der Waals surface area contributed by atoms with E-state index in [2.05, 4.69) is 0 Å². The van der Waals surface area contributed by atoms with Crippen LogP contribution in [0.25, 0.3) is 0 Å². The maximum absolute atomic E-state index is 12.8. The lowest BCUT2D eigenvalue weighted by atomic mass is 10.3. The summed E-state index contributed by atoms with van der Waals surface area (Å²) in [6.45, 7) is 2.35. The predicted octanol–water partition coefficient (Wildman–Crippen LogP) is 3.24. The zero-order valence-corrected chi connectivity index (χ0v) is 13.5. The molecule has 0 saturated heterocycles. The van der Waals surface area contributed by atoms with Gasteiger partial charge in [0.25, 0.3) is 10.0 Å². The molecule has 1 heterocycles. The minimum Gasteiger partial charge on any atom is -0.391 e. The van der Waals surface area contributed by atoms with Crippen molar-refractivity contribution >= 4 is 27.0 Å². The molecule has 1 aromatic heterocycles. The topological polar surface area (TPSA) is 57.6 Å². The molecule has 4 nitrogen and oxygen atoms in total. The molecular formula is C15H19NO3S2. The summed E-state index contributed by atoms with van der Waals surface area (Å²) in [7, 11) is -3.57. The fourth-order valence-electron chi connectivity index (χ4n) is 1.97. The molecule has 1 aromatic carbocycles. The Morgan fingerprint density at radius 3 is 2.43 bits per heavy atom. The summed E-state index contributed by atoms with van der Waals surface area (Å²) in [5.41, 5.74) is 0.671. The molecule has 2 rings (SSSR count). The SMILES string of the molecule is CCCCN(c1ccccc1)S(=O)(=O)c1ccc(CO)s1. The number of hydrogen-bond acceptors (Lipinski definition) is 4. The van der Waals surface area contributed by atoms with Gasteiger partial charge < -0.3 is 5.11 Å². The second kappa shape index (κ2) is 7.06. The van der Waals surface area contributed by atoms with Crippen LogP contribution in [0.15, 0.2) is 46.7 Å². The van der Waals surface area contributed by atoms with Crippen molar-refractivity contribution in [1.29, 1.82) is 0 Å². The molecule has 0 spiro atoms. The Morgan fingerprint density at radius 2 is 1.86 bits per heavy atom. The number of anilines is 1. The van der Waals surface area contributed by atoms with E-state index in [-0.39, 0.29) is 10.8 Å². The van der Waals surface area contributed by atoms with Gasteiger partial charge in [0.2, 0.25) is 0 Å². The van der Waals surface area contributed by atoms with Crippen molar-refractivity contribution in [1.82, 2.24) is 0 Å². The Morgan fingerprint density at radius 1 is 1.14 bits per heavy atom. The van der Waals surface area contributed by atoms with Gasteiger partial charge in [0.15, 0.2) is 0 Å². The molecule has 0 bridgehead atoms. The Kier molecular flexibility index (Phi) is 5.39. The molecule has 0 amide bonds. The fraction of sp³-hybridized carbons (Fsp3) is 0.333. The van der Waals surface area contributed by atoms with Gasteiger partial charge in [-0.25, -0.2) is 8.42 Å². The van der Waals surface area contributed by atoms with Crippen LogP contribution in [0, 0.1) is 0 Å². The normalized spacial score (nSPS) is 11.5. The van der Waals surface area contributed by atoms with Gasteiger partial charge >= 0.3 is 0 Å². The Bertz CT molecular complexity index is 665. The molecule has 6 heteroatoms. The molecular weight excluding hydrogens is 306 g/mol.